The average molecular weight is 384 g/mol. The maximum absolute atomic E-state index is 13.0. The van der Waals surface area contributed by atoms with Crippen LogP contribution in [0, 0.1) is 5.82 Å². The van der Waals surface area contributed by atoms with Gasteiger partial charge in [-0.15, -0.1) is 10.2 Å². The van der Waals surface area contributed by atoms with Crippen LogP contribution in [0.2, 0.25) is 0 Å². The first-order chi connectivity index (χ1) is 13.7. The zero-order valence-electron chi connectivity index (χ0n) is 15.6. The molecule has 0 bridgehead atoms. The van der Waals surface area contributed by atoms with Crippen molar-refractivity contribution in [2.24, 2.45) is 0 Å². The van der Waals surface area contributed by atoms with Gasteiger partial charge >= 0.3 is 0 Å². The van der Waals surface area contributed by atoms with Crippen LogP contribution in [0.3, 0.4) is 0 Å². The van der Waals surface area contributed by atoms with E-state index in [9.17, 15) is 4.39 Å². The maximum atomic E-state index is 13.0. The molecule has 28 heavy (non-hydrogen) atoms. The fourth-order valence-corrected chi connectivity index (χ4v) is 3.14. The molecule has 0 aliphatic carbocycles. The van der Waals surface area contributed by atoms with Gasteiger partial charge < -0.3 is 14.2 Å². The number of benzene rings is 1. The summed E-state index contributed by atoms with van der Waals surface area (Å²) in [6, 6.07) is 10.1. The number of rotatable bonds is 6. The molecule has 0 unspecified atom stereocenters. The van der Waals surface area contributed by atoms with Gasteiger partial charge in [-0.3, -0.25) is 4.90 Å². The molecule has 1 saturated heterocycles. The molecule has 8 nitrogen and oxygen atoms in total. The van der Waals surface area contributed by atoms with Crippen molar-refractivity contribution in [1.82, 2.24) is 25.2 Å². The average Bonchev–Trinajstić information content (AvgIpc) is 3.17. The van der Waals surface area contributed by atoms with E-state index in [0.717, 1.165) is 43.3 Å². The predicted octanol–water partition coefficient (Wildman–Crippen LogP) is 2.13. The fraction of sp³-hybridized carbons (Fsp3) is 0.368. The van der Waals surface area contributed by atoms with Crippen molar-refractivity contribution in [3.8, 4) is 11.3 Å². The molecule has 4 rings (SSSR count). The molecular formula is C19H21FN6O2. The number of aromatic nitrogens is 4. The van der Waals surface area contributed by atoms with Crippen molar-refractivity contribution in [1.29, 1.82) is 0 Å². The number of piperazine rings is 1. The van der Waals surface area contributed by atoms with Crippen LogP contribution >= 0.6 is 0 Å². The Labute approximate surface area is 161 Å². The minimum absolute atomic E-state index is 0.262. The Balaban J connectivity index is 1.32. The summed E-state index contributed by atoms with van der Waals surface area (Å²) >= 11 is 0. The third-order valence-corrected chi connectivity index (χ3v) is 4.63. The standard InChI is InChI=1S/C19H21FN6O2/c1-27-13-17-21-19(28-24-17)12-25-8-10-26(11-9-25)18-7-6-16(22-23-18)14-2-4-15(20)5-3-14/h2-7H,8-13H2,1H3. The highest BCUT2D eigenvalue weighted by Gasteiger charge is 2.20. The van der Waals surface area contributed by atoms with E-state index in [1.807, 2.05) is 12.1 Å². The van der Waals surface area contributed by atoms with Crippen molar-refractivity contribution in [2.45, 2.75) is 13.2 Å². The predicted molar refractivity (Wildman–Crippen MR) is 99.9 cm³/mol. The van der Waals surface area contributed by atoms with Crippen LogP contribution in [-0.4, -0.2) is 58.5 Å². The highest BCUT2D eigenvalue weighted by Crippen LogP contribution is 2.20. The molecule has 2 aromatic heterocycles. The van der Waals surface area contributed by atoms with Gasteiger partial charge in [0.15, 0.2) is 11.6 Å². The van der Waals surface area contributed by atoms with Gasteiger partial charge in [0, 0.05) is 38.9 Å². The third kappa shape index (κ3) is 4.32. The van der Waals surface area contributed by atoms with Crippen LogP contribution < -0.4 is 4.90 Å². The van der Waals surface area contributed by atoms with E-state index in [4.69, 9.17) is 9.26 Å². The topological polar surface area (TPSA) is 80.4 Å². The lowest BCUT2D eigenvalue weighted by Gasteiger charge is -2.34. The van der Waals surface area contributed by atoms with E-state index in [0.29, 0.717) is 24.9 Å². The van der Waals surface area contributed by atoms with Crippen molar-refractivity contribution in [2.75, 3.05) is 38.2 Å². The Morgan fingerprint density at radius 2 is 1.82 bits per heavy atom. The van der Waals surface area contributed by atoms with Crippen LogP contribution in [0.5, 0.6) is 0 Å². The molecular weight excluding hydrogens is 363 g/mol. The van der Waals surface area contributed by atoms with E-state index in [-0.39, 0.29) is 5.82 Å². The van der Waals surface area contributed by atoms with Crippen molar-refractivity contribution in [3.05, 3.63) is 53.9 Å². The molecule has 9 heteroatoms. The van der Waals surface area contributed by atoms with Crippen LogP contribution in [0.4, 0.5) is 10.2 Å². The number of halogens is 1. The van der Waals surface area contributed by atoms with E-state index in [1.54, 1.807) is 19.2 Å². The number of hydrogen-bond donors (Lipinski definition) is 0. The van der Waals surface area contributed by atoms with Crippen molar-refractivity contribution < 1.29 is 13.7 Å². The molecule has 146 valence electrons. The molecule has 1 aliphatic heterocycles. The van der Waals surface area contributed by atoms with Gasteiger partial charge in [-0.25, -0.2) is 4.39 Å². The largest absolute Gasteiger partial charge is 0.377 e. The van der Waals surface area contributed by atoms with E-state index in [2.05, 4.69) is 30.1 Å². The SMILES string of the molecule is COCc1noc(CN2CCN(c3ccc(-c4ccc(F)cc4)nn3)CC2)n1. The molecule has 0 spiro atoms. The number of ether oxygens (including phenoxy) is 1. The summed E-state index contributed by atoms with van der Waals surface area (Å²) in [4.78, 5) is 8.77. The summed E-state index contributed by atoms with van der Waals surface area (Å²) in [7, 11) is 1.60. The highest BCUT2D eigenvalue weighted by atomic mass is 19.1. The van der Waals surface area contributed by atoms with Gasteiger partial charge in [-0.2, -0.15) is 4.98 Å². The summed E-state index contributed by atoms with van der Waals surface area (Å²) in [5, 5.41) is 12.5. The maximum Gasteiger partial charge on any atom is 0.240 e. The van der Waals surface area contributed by atoms with Gasteiger partial charge in [0.2, 0.25) is 5.89 Å². The summed E-state index contributed by atoms with van der Waals surface area (Å²) < 4.78 is 23.3. The van der Waals surface area contributed by atoms with Crippen LogP contribution in [0.15, 0.2) is 40.9 Å². The lowest BCUT2D eigenvalue weighted by molar-refractivity contribution is 0.174. The van der Waals surface area contributed by atoms with Gasteiger partial charge in [-0.1, -0.05) is 5.16 Å². The Hall–Kier alpha value is -2.91. The van der Waals surface area contributed by atoms with Crippen LogP contribution in [0.25, 0.3) is 11.3 Å². The van der Waals surface area contributed by atoms with Gasteiger partial charge in [0.05, 0.1) is 12.2 Å². The lowest BCUT2D eigenvalue weighted by Crippen LogP contribution is -2.46. The third-order valence-electron chi connectivity index (χ3n) is 4.63. The van der Waals surface area contributed by atoms with Gasteiger partial charge in [0.1, 0.15) is 12.4 Å². The monoisotopic (exact) mass is 384 g/mol. The van der Waals surface area contributed by atoms with E-state index in [1.165, 1.54) is 12.1 Å². The second-order valence-corrected chi connectivity index (χ2v) is 6.58. The van der Waals surface area contributed by atoms with Crippen LogP contribution in [0.1, 0.15) is 11.7 Å². The molecule has 0 N–H and O–H groups in total. The summed E-state index contributed by atoms with van der Waals surface area (Å²) in [5.74, 6) is 1.74. The molecule has 0 amide bonds. The molecule has 1 fully saturated rings. The molecule has 3 heterocycles. The summed E-state index contributed by atoms with van der Waals surface area (Å²) in [5.41, 5.74) is 1.57. The Morgan fingerprint density at radius 3 is 2.50 bits per heavy atom. The minimum Gasteiger partial charge on any atom is -0.377 e. The Bertz CT molecular complexity index is 892. The molecule has 0 saturated carbocycles. The van der Waals surface area contributed by atoms with Gasteiger partial charge in [0.25, 0.3) is 0 Å². The van der Waals surface area contributed by atoms with Crippen molar-refractivity contribution >= 4 is 5.82 Å². The molecule has 3 aromatic rings. The van der Waals surface area contributed by atoms with Crippen LogP contribution in [-0.2, 0) is 17.9 Å². The van der Waals surface area contributed by atoms with E-state index < -0.39 is 0 Å². The normalized spacial score (nSPS) is 15.1. The Morgan fingerprint density at radius 1 is 1.04 bits per heavy atom. The number of hydrogen-bond acceptors (Lipinski definition) is 8. The molecule has 0 atom stereocenters. The quantitative estimate of drug-likeness (QED) is 0.639. The first-order valence-corrected chi connectivity index (χ1v) is 9.08. The first-order valence-electron chi connectivity index (χ1n) is 9.08. The second-order valence-electron chi connectivity index (χ2n) is 6.58. The minimum atomic E-state index is -0.262. The van der Waals surface area contributed by atoms with Crippen molar-refractivity contribution in [3.63, 3.8) is 0 Å². The summed E-state index contributed by atoms with van der Waals surface area (Å²) in [6.07, 6.45) is 0. The van der Waals surface area contributed by atoms with E-state index >= 15 is 0 Å². The highest BCUT2D eigenvalue weighted by molar-refractivity contribution is 5.59. The summed E-state index contributed by atoms with van der Waals surface area (Å²) in [6.45, 7) is 4.38. The molecule has 1 aromatic carbocycles. The number of nitrogens with zero attached hydrogens (tertiary/aromatic N) is 6. The second kappa shape index (κ2) is 8.41. The number of methoxy groups -OCH3 is 1. The Kier molecular flexibility index (Phi) is 5.54. The zero-order valence-corrected chi connectivity index (χ0v) is 15.6. The lowest BCUT2D eigenvalue weighted by atomic mass is 10.1. The first kappa shape index (κ1) is 18.5. The number of anilines is 1. The smallest absolute Gasteiger partial charge is 0.240 e. The molecule has 0 radical (unpaired) electrons. The zero-order chi connectivity index (χ0) is 19.3. The molecule has 1 aliphatic rings. The fourth-order valence-electron chi connectivity index (χ4n) is 3.14. The van der Waals surface area contributed by atoms with Gasteiger partial charge in [-0.05, 0) is 36.4 Å².